The zero-order valence-corrected chi connectivity index (χ0v) is 9.83. The summed E-state index contributed by atoms with van der Waals surface area (Å²) in [4.78, 5) is 0. The van der Waals surface area contributed by atoms with Crippen LogP contribution in [0.15, 0.2) is 0 Å². The van der Waals surface area contributed by atoms with Crippen LogP contribution in [0.4, 0.5) is 0 Å². The van der Waals surface area contributed by atoms with Crippen LogP contribution < -0.4 is 0 Å². The topological polar surface area (TPSA) is 0 Å². The summed E-state index contributed by atoms with van der Waals surface area (Å²) in [5.41, 5.74) is 0. The summed E-state index contributed by atoms with van der Waals surface area (Å²) in [5.74, 6) is 0. The molecule has 0 aromatic heterocycles. The molecule has 21 valence electrons. The van der Waals surface area contributed by atoms with Crippen molar-refractivity contribution < 1.29 is 80.7 Å². The molecule has 0 bridgehead atoms. The molecule has 0 saturated heterocycles. The Hall–Kier alpha value is 2.60. The molecule has 0 aliphatic rings. The van der Waals surface area contributed by atoms with E-state index in [1.807, 2.05) is 0 Å². The predicted molar refractivity (Wildman–Crippen MR) is 0 cm³/mol. The molecule has 3 radical (unpaired) electrons. The minimum absolute atomic E-state index is 0. The molecule has 0 fully saturated rings. The van der Waals surface area contributed by atoms with Crippen molar-refractivity contribution >= 4 is 0 Å². The second-order valence-corrected chi connectivity index (χ2v) is 0. The van der Waals surface area contributed by atoms with Crippen LogP contribution >= 0.6 is 0 Å². The van der Waals surface area contributed by atoms with Gasteiger partial charge in [0.2, 0.25) is 0 Å². The molecule has 0 nitrogen and oxygen atoms in total. The van der Waals surface area contributed by atoms with E-state index in [0.717, 1.165) is 0 Å². The zero-order valence-electron chi connectivity index (χ0n) is 1.75. The van der Waals surface area contributed by atoms with Gasteiger partial charge in [-0.1, -0.05) is 0 Å². The summed E-state index contributed by atoms with van der Waals surface area (Å²) < 4.78 is 0. The van der Waals surface area contributed by atoms with Gasteiger partial charge < -0.3 is 0 Å². The third-order valence-corrected chi connectivity index (χ3v) is 0. The first-order valence-corrected chi connectivity index (χ1v) is 0. The predicted octanol–water partition coefficient (Wildman–Crippen LogP) is -0.0100. The fourth-order valence-electron chi connectivity index (χ4n) is 0. The van der Waals surface area contributed by atoms with Crippen LogP contribution in [-0.4, -0.2) is 0 Å². The summed E-state index contributed by atoms with van der Waals surface area (Å²) in [7, 11) is 0. The second kappa shape index (κ2) is 17.5. The number of hydrogen-bond acceptors (Lipinski definition) is 0. The number of hydrogen-bond donors (Lipinski definition) is 0. The van der Waals surface area contributed by atoms with Gasteiger partial charge in [0.25, 0.3) is 0 Å². The summed E-state index contributed by atoms with van der Waals surface area (Å²) in [6.45, 7) is 0. The van der Waals surface area contributed by atoms with Gasteiger partial charge in [-0.2, -0.15) is 0 Å². The minimum Gasteiger partial charge on any atom is 0 e. The average Bonchev–Trinajstić information content (AvgIpc) is 0. The maximum Gasteiger partial charge on any atom is 0 e. The van der Waals surface area contributed by atoms with E-state index in [1.54, 1.807) is 0 Å². The van der Waals surface area contributed by atoms with Gasteiger partial charge in [0, 0.05) is 80.7 Å². The second-order valence-electron chi connectivity index (χ2n) is 0. The first kappa shape index (κ1) is 30.6. The molecule has 0 aliphatic heterocycles. The van der Waals surface area contributed by atoms with Crippen molar-refractivity contribution in [3.8, 4) is 0 Å². The minimum atomic E-state index is 0. The maximum atomic E-state index is 0. The van der Waals surface area contributed by atoms with Crippen LogP contribution in [0.5, 0.6) is 0 Å². The summed E-state index contributed by atoms with van der Waals surface area (Å²) in [6.07, 6.45) is 0. The smallest absolute Gasteiger partial charge is 0 e. The van der Waals surface area contributed by atoms with Crippen LogP contribution in [0.2, 0.25) is 0 Å². The molecule has 0 atom stereocenters. The van der Waals surface area contributed by atoms with Gasteiger partial charge in [-0.25, -0.2) is 0 Å². The van der Waals surface area contributed by atoms with Crippen molar-refractivity contribution in [2.24, 2.45) is 0 Å². The van der Waals surface area contributed by atoms with E-state index in [-0.39, 0.29) is 80.7 Å². The normalized spacial score (nSPS) is 0. The molecule has 0 amide bonds. The molecule has 0 unspecified atom stereocenters. The molecule has 0 rings (SSSR count). The third kappa shape index (κ3) is 8.82. The molecule has 0 heterocycles. The molecule has 4 heavy (non-hydrogen) atoms. The van der Waals surface area contributed by atoms with Crippen LogP contribution in [0.1, 0.15) is 0 Å². The van der Waals surface area contributed by atoms with Crippen LogP contribution in [0, 0.1) is 0 Å². The van der Waals surface area contributed by atoms with Crippen molar-refractivity contribution in [1.29, 1.82) is 0 Å². The molecule has 0 aromatic carbocycles. The monoisotopic (exact) mass is 377 g/mol. The molecule has 0 aromatic rings. The average molecular weight is 377 g/mol. The van der Waals surface area contributed by atoms with E-state index in [1.165, 1.54) is 0 Å². The first-order chi connectivity index (χ1) is 0. The third-order valence-electron chi connectivity index (χ3n) is 0. The van der Waals surface area contributed by atoms with Crippen LogP contribution in [0.3, 0.4) is 0 Å². The SMILES string of the molecule is [Cr].[Nb].[Ta].[V]. The maximum absolute atomic E-state index is 0. The van der Waals surface area contributed by atoms with Crippen molar-refractivity contribution in [2.75, 3.05) is 0 Å². The van der Waals surface area contributed by atoms with Crippen molar-refractivity contribution in [3.63, 3.8) is 0 Å². The number of rotatable bonds is 0. The Labute approximate surface area is 79.5 Å². The van der Waals surface area contributed by atoms with E-state index in [2.05, 4.69) is 0 Å². The molecule has 4 heteroatoms. The van der Waals surface area contributed by atoms with Crippen LogP contribution in [-0.2, 0) is 80.7 Å². The quantitative estimate of drug-likeness (QED) is 0.522. The Balaban J connectivity index is 0. The molecule has 0 N–H and O–H groups in total. The Morgan fingerprint density at radius 3 is 1.00 bits per heavy atom. The van der Waals surface area contributed by atoms with Gasteiger partial charge in [-0.05, 0) is 0 Å². The Morgan fingerprint density at radius 2 is 1.00 bits per heavy atom. The Kier molecular flexibility index (Phi) is 134. The van der Waals surface area contributed by atoms with Gasteiger partial charge in [-0.15, -0.1) is 0 Å². The Bertz CT molecular complexity index is 8.00. The van der Waals surface area contributed by atoms with Crippen LogP contribution in [0.25, 0.3) is 0 Å². The fourth-order valence-corrected chi connectivity index (χ4v) is 0. The summed E-state index contributed by atoms with van der Waals surface area (Å²) in [6, 6.07) is 0. The van der Waals surface area contributed by atoms with Gasteiger partial charge in [0.1, 0.15) is 0 Å². The van der Waals surface area contributed by atoms with Crippen molar-refractivity contribution in [1.82, 2.24) is 0 Å². The van der Waals surface area contributed by atoms with Crippen molar-refractivity contribution in [2.45, 2.75) is 0 Å². The van der Waals surface area contributed by atoms with E-state index < -0.39 is 0 Å². The molecular weight excluding hydrogens is 377 g/mol. The fraction of sp³-hybridized carbons (Fsp3) is 0. The molecule has 0 saturated carbocycles. The molecular formula is CrNbTaV. The van der Waals surface area contributed by atoms with E-state index in [4.69, 9.17) is 0 Å². The van der Waals surface area contributed by atoms with E-state index in [9.17, 15) is 0 Å². The van der Waals surface area contributed by atoms with Gasteiger partial charge in [-0.3, -0.25) is 0 Å². The molecule has 0 spiro atoms. The Morgan fingerprint density at radius 1 is 1.00 bits per heavy atom. The van der Waals surface area contributed by atoms with Crippen molar-refractivity contribution in [3.05, 3.63) is 0 Å². The van der Waals surface area contributed by atoms with Gasteiger partial charge in [0.15, 0.2) is 0 Å². The molecule has 0 aliphatic carbocycles. The largest absolute Gasteiger partial charge is 0 e. The van der Waals surface area contributed by atoms with Gasteiger partial charge in [0.05, 0.1) is 0 Å². The zero-order chi connectivity index (χ0) is 0. The first-order valence-electron chi connectivity index (χ1n) is 0. The van der Waals surface area contributed by atoms with E-state index >= 15 is 0 Å². The van der Waals surface area contributed by atoms with Gasteiger partial charge >= 0.3 is 0 Å². The summed E-state index contributed by atoms with van der Waals surface area (Å²) in [5, 5.41) is 0. The standard InChI is InChI=1S/Cr.Nb.Ta.V. The van der Waals surface area contributed by atoms with E-state index in [0.29, 0.717) is 0 Å². The summed E-state index contributed by atoms with van der Waals surface area (Å²) >= 11 is 0.